The average molecular weight is 206 g/mol. The number of benzene rings is 1. The number of hydrogen-bond acceptors (Lipinski definition) is 1. The van der Waals surface area contributed by atoms with Gasteiger partial charge >= 0.3 is 0 Å². The van der Waals surface area contributed by atoms with Crippen molar-refractivity contribution in [1.29, 1.82) is 0 Å². The van der Waals surface area contributed by atoms with Gasteiger partial charge < -0.3 is 4.74 Å². The highest BCUT2D eigenvalue weighted by Crippen LogP contribution is 2.33. The molecule has 0 heterocycles. The summed E-state index contributed by atoms with van der Waals surface area (Å²) in [5, 5.41) is 0. The molecule has 80 valence electrons. The Morgan fingerprint density at radius 1 is 1.33 bits per heavy atom. The number of ether oxygens (including phenoxy) is 1. The summed E-state index contributed by atoms with van der Waals surface area (Å²) in [5.74, 6) is 0.0950. The van der Waals surface area contributed by atoms with Gasteiger partial charge in [0.25, 0.3) is 0 Å². The molecule has 1 aromatic carbocycles. The fraction of sp³-hybridized carbons (Fsp3) is 0.385. The van der Waals surface area contributed by atoms with Crippen molar-refractivity contribution in [3.05, 3.63) is 35.2 Å². The highest BCUT2D eigenvalue weighted by atomic mass is 19.1. The van der Waals surface area contributed by atoms with Crippen molar-refractivity contribution in [2.75, 3.05) is 7.11 Å². The van der Waals surface area contributed by atoms with Gasteiger partial charge in [-0.3, -0.25) is 0 Å². The van der Waals surface area contributed by atoms with E-state index in [4.69, 9.17) is 4.74 Å². The fourth-order valence-corrected chi connectivity index (χ4v) is 2.08. The molecule has 0 aromatic heterocycles. The van der Waals surface area contributed by atoms with Crippen molar-refractivity contribution < 1.29 is 9.13 Å². The molecular weight excluding hydrogens is 191 g/mol. The van der Waals surface area contributed by atoms with Gasteiger partial charge in [-0.15, -0.1) is 0 Å². The molecule has 2 heteroatoms. The minimum absolute atomic E-state index is 0.234. The molecule has 15 heavy (non-hydrogen) atoms. The molecule has 0 amide bonds. The number of rotatable bonds is 2. The van der Waals surface area contributed by atoms with Crippen molar-refractivity contribution in [2.45, 2.75) is 26.2 Å². The van der Waals surface area contributed by atoms with Gasteiger partial charge in [-0.05, 0) is 49.0 Å². The molecule has 0 saturated heterocycles. The number of methoxy groups -OCH3 is 1. The molecule has 1 aliphatic rings. The van der Waals surface area contributed by atoms with Gasteiger partial charge in [0.15, 0.2) is 11.6 Å². The third kappa shape index (κ3) is 1.76. The molecule has 0 bridgehead atoms. The predicted molar refractivity (Wildman–Crippen MR) is 59.5 cm³/mol. The van der Waals surface area contributed by atoms with Crippen molar-refractivity contribution in [3.8, 4) is 5.75 Å². The van der Waals surface area contributed by atoms with Gasteiger partial charge in [0, 0.05) is 0 Å². The van der Waals surface area contributed by atoms with Crippen LogP contribution in [0.2, 0.25) is 0 Å². The van der Waals surface area contributed by atoms with E-state index in [1.54, 1.807) is 6.07 Å². The summed E-state index contributed by atoms with van der Waals surface area (Å²) in [6.07, 6.45) is 5.56. The Bertz CT molecular complexity index is 407. The zero-order valence-corrected chi connectivity index (χ0v) is 9.14. The van der Waals surface area contributed by atoms with Crippen LogP contribution in [0.1, 0.15) is 30.4 Å². The Kier molecular flexibility index (Phi) is 2.76. The normalized spacial score (nSPS) is 15.3. The van der Waals surface area contributed by atoms with Crippen LogP contribution in [0.5, 0.6) is 5.75 Å². The molecule has 1 aliphatic carbocycles. The van der Waals surface area contributed by atoms with E-state index in [-0.39, 0.29) is 5.82 Å². The second-order valence-electron chi connectivity index (χ2n) is 3.88. The third-order valence-corrected chi connectivity index (χ3v) is 2.96. The van der Waals surface area contributed by atoms with E-state index in [2.05, 4.69) is 6.08 Å². The van der Waals surface area contributed by atoms with Crippen LogP contribution in [0.3, 0.4) is 0 Å². The van der Waals surface area contributed by atoms with Crippen molar-refractivity contribution >= 4 is 5.57 Å². The van der Waals surface area contributed by atoms with Gasteiger partial charge in [0.1, 0.15) is 0 Å². The fourth-order valence-electron chi connectivity index (χ4n) is 2.08. The Balaban J connectivity index is 2.45. The number of halogens is 1. The third-order valence-electron chi connectivity index (χ3n) is 2.96. The maximum Gasteiger partial charge on any atom is 0.168 e. The maximum atomic E-state index is 13.8. The summed E-state index contributed by atoms with van der Waals surface area (Å²) in [6, 6.07) is 3.66. The first-order valence-electron chi connectivity index (χ1n) is 5.26. The van der Waals surface area contributed by atoms with Crippen molar-refractivity contribution in [1.82, 2.24) is 0 Å². The van der Waals surface area contributed by atoms with Crippen LogP contribution in [0.15, 0.2) is 18.2 Å². The van der Waals surface area contributed by atoms with E-state index >= 15 is 0 Å². The molecule has 0 saturated carbocycles. The lowest BCUT2D eigenvalue weighted by Crippen LogP contribution is -1.95. The second-order valence-corrected chi connectivity index (χ2v) is 3.88. The van der Waals surface area contributed by atoms with Crippen LogP contribution < -0.4 is 4.74 Å². The number of allylic oxidation sites excluding steroid dienone is 2. The lowest BCUT2D eigenvalue weighted by molar-refractivity contribution is 0.385. The first kappa shape index (κ1) is 10.2. The standard InChI is InChI=1S/C13H15FO/c1-9-11(10-5-3-4-6-10)7-8-12(15-2)13(9)14/h5,7-8H,3-4,6H2,1-2H3. The SMILES string of the molecule is COc1ccc(C2=CCCC2)c(C)c1F. The van der Waals surface area contributed by atoms with Crippen LogP contribution in [0.4, 0.5) is 4.39 Å². The van der Waals surface area contributed by atoms with E-state index in [1.165, 1.54) is 19.1 Å². The summed E-state index contributed by atoms with van der Waals surface area (Å²) >= 11 is 0. The molecule has 1 nitrogen and oxygen atoms in total. The highest BCUT2D eigenvalue weighted by Gasteiger charge is 2.14. The first-order valence-corrected chi connectivity index (χ1v) is 5.26. The van der Waals surface area contributed by atoms with Crippen LogP contribution in [-0.2, 0) is 0 Å². The molecule has 2 rings (SSSR count). The topological polar surface area (TPSA) is 9.23 Å². The number of hydrogen-bond donors (Lipinski definition) is 0. The molecule has 0 radical (unpaired) electrons. The minimum atomic E-state index is -0.234. The molecular formula is C13H15FO. The molecule has 0 spiro atoms. The highest BCUT2D eigenvalue weighted by molar-refractivity contribution is 5.70. The van der Waals surface area contributed by atoms with Crippen LogP contribution >= 0.6 is 0 Å². The molecule has 0 fully saturated rings. The quantitative estimate of drug-likeness (QED) is 0.716. The van der Waals surface area contributed by atoms with Crippen LogP contribution in [-0.4, -0.2) is 7.11 Å². The molecule has 0 aliphatic heterocycles. The zero-order chi connectivity index (χ0) is 10.8. The lowest BCUT2D eigenvalue weighted by atomic mass is 9.99. The van der Waals surface area contributed by atoms with E-state index in [9.17, 15) is 4.39 Å². The summed E-state index contributed by atoms with van der Waals surface area (Å²) in [4.78, 5) is 0. The van der Waals surface area contributed by atoms with Crippen LogP contribution in [0.25, 0.3) is 5.57 Å². The molecule has 0 N–H and O–H groups in total. The Morgan fingerprint density at radius 3 is 2.73 bits per heavy atom. The molecule has 1 aromatic rings. The van der Waals surface area contributed by atoms with E-state index in [1.807, 2.05) is 13.0 Å². The van der Waals surface area contributed by atoms with Crippen molar-refractivity contribution in [2.24, 2.45) is 0 Å². The van der Waals surface area contributed by atoms with Gasteiger partial charge in [-0.25, -0.2) is 4.39 Å². The predicted octanol–water partition coefficient (Wildman–Crippen LogP) is 3.71. The molecule has 0 atom stereocenters. The van der Waals surface area contributed by atoms with E-state index < -0.39 is 0 Å². The maximum absolute atomic E-state index is 13.8. The minimum Gasteiger partial charge on any atom is -0.494 e. The smallest absolute Gasteiger partial charge is 0.168 e. The van der Waals surface area contributed by atoms with Crippen LogP contribution in [0, 0.1) is 12.7 Å². The Hall–Kier alpha value is -1.31. The van der Waals surface area contributed by atoms with E-state index in [0.717, 1.165) is 18.4 Å². The Morgan fingerprint density at radius 2 is 2.13 bits per heavy atom. The summed E-state index contributed by atoms with van der Waals surface area (Å²) in [6.45, 7) is 1.81. The average Bonchev–Trinajstić information content (AvgIpc) is 2.75. The summed E-state index contributed by atoms with van der Waals surface area (Å²) in [7, 11) is 1.49. The summed E-state index contributed by atoms with van der Waals surface area (Å²) < 4.78 is 18.7. The lowest BCUT2D eigenvalue weighted by Gasteiger charge is -2.10. The van der Waals surface area contributed by atoms with E-state index in [0.29, 0.717) is 11.3 Å². The summed E-state index contributed by atoms with van der Waals surface area (Å²) in [5.41, 5.74) is 3.00. The first-order chi connectivity index (χ1) is 7.24. The van der Waals surface area contributed by atoms with Gasteiger partial charge in [-0.1, -0.05) is 12.1 Å². The monoisotopic (exact) mass is 206 g/mol. The van der Waals surface area contributed by atoms with Gasteiger partial charge in [0.2, 0.25) is 0 Å². The Labute approximate surface area is 89.6 Å². The van der Waals surface area contributed by atoms with Gasteiger partial charge in [0.05, 0.1) is 7.11 Å². The largest absolute Gasteiger partial charge is 0.494 e. The van der Waals surface area contributed by atoms with Crippen molar-refractivity contribution in [3.63, 3.8) is 0 Å². The molecule has 0 unspecified atom stereocenters. The van der Waals surface area contributed by atoms with Gasteiger partial charge in [-0.2, -0.15) is 0 Å². The zero-order valence-electron chi connectivity index (χ0n) is 9.14. The second kappa shape index (κ2) is 4.05.